The predicted octanol–water partition coefficient (Wildman–Crippen LogP) is 4.88. The molecule has 0 unspecified atom stereocenters. The molecule has 0 spiro atoms. The summed E-state index contributed by atoms with van der Waals surface area (Å²) in [6.07, 6.45) is 0. The van der Waals surface area contributed by atoms with Crippen molar-refractivity contribution in [3.63, 3.8) is 0 Å². The van der Waals surface area contributed by atoms with Gasteiger partial charge in [0.2, 0.25) is 0 Å². The van der Waals surface area contributed by atoms with E-state index in [4.69, 9.17) is 21.1 Å². The van der Waals surface area contributed by atoms with Crippen molar-refractivity contribution in [1.82, 2.24) is 0 Å². The number of amides is 1. The maximum Gasteiger partial charge on any atom is 0.340 e. The van der Waals surface area contributed by atoms with Gasteiger partial charge < -0.3 is 14.8 Å². The molecule has 0 aromatic heterocycles. The molecule has 10 heteroatoms. The highest BCUT2D eigenvalue weighted by atomic mass is 35.5. The fraction of sp³-hybridized carbons (Fsp3) is 0.0909. The van der Waals surface area contributed by atoms with E-state index < -0.39 is 22.6 Å². The van der Waals surface area contributed by atoms with Crippen LogP contribution in [0.4, 0.5) is 15.8 Å². The highest BCUT2D eigenvalue weighted by Gasteiger charge is 2.18. The van der Waals surface area contributed by atoms with Crippen molar-refractivity contribution in [3.05, 3.63) is 98.8 Å². The lowest BCUT2D eigenvalue weighted by molar-refractivity contribution is -0.384. The summed E-state index contributed by atoms with van der Waals surface area (Å²) in [6, 6.07) is 15.0. The standard InChI is InChI=1S/C22H16ClFN2O6/c23-19-13-15(26(29)30)7-10-17(19)21(27)25-20-4-2-1-3-18(20)22(28)32-12-11-31-16-8-5-14(24)6-9-16/h1-10,13H,11-12H2,(H,25,27). The van der Waals surface area contributed by atoms with Crippen LogP contribution in [0.2, 0.25) is 5.02 Å². The van der Waals surface area contributed by atoms with Gasteiger partial charge in [0.05, 0.1) is 26.8 Å². The van der Waals surface area contributed by atoms with Crippen LogP contribution in [0.5, 0.6) is 5.75 Å². The third kappa shape index (κ3) is 5.79. The lowest BCUT2D eigenvalue weighted by Gasteiger charge is -2.12. The molecule has 0 aliphatic rings. The van der Waals surface area contributed by atoms with Crippen molar-refractivity contribution in [2.45, 2.75) is 0 Å². The summed E-state index contributed by atoms with van der Waals surface area (Å²) in [6.45, 7) is -0.0308. The SMILES string of the molecule is O=C(Nc1ccccc1C(=O)OCCOc1ccc(F)cc1)c1ccc([N+](=O)[O-])cc1Cl. The minimum absolute atomic E-state index is 0.00753. The van der Waals surface area contributed by atoms with Crippen molar-refractivity contribution >= 4 is 34.9 Å². The second kappa shape index (κ2) is 10.4. The predicted molar refractivity (Wildman–Crippen MR) is 115 cm³/mol. The van der Waals surface area contributed by atoms with E-state index in [2.05, 4.69) is 5.32 Å². The number of hydrogen-bond donors (Lipinski definition) is 1. The number of carbonyl (C=O) groups is 2. The first-order valence-corrected chi connectivity index (χ1v) is 9.63. The molecule has 32 heavy (non-hydrogen) atoms. The van der Waals surface area contributed by atoms with Crippen molar-refractivity contribution < 1.29 is 28.4 Å². The molecule has 0 atom stereocenters. The number of carbonyl (C=O) groups excluding carboxylic acids is 2. The van der Waals surface area contributed by atoms with Crippen molar-refractivity contribution in [2.24, 2.45) is 0 Å². The first-order chi connectivity index (χ1) is 15.3. The molecule has 8 nitrogen and oxygen atoms in total. The number of nitrogens with one attached hydrogen (secondary N) is 1. The van der Waals surface area contributed by atoms with Gasteiger partial charge in [-0.3, -0.25) is 14.9 Å². The van der Waals surface area contributed by atoms with Crippen LogP contribution in [0, 0.1) is 15.9 Å². The molecule has 0 aliphatic heterocycles. The molecule has 164 valence electrons. The summed E-state index contributed by atoms with van der Waals surface area (Å²) < 4.78 is 23.4. The molecular formula is C22H16ClFN2O6. The van der Waals surface area contributed by atoms with Crippen LogP contribution in [0.1, 0.15) is 20.7 Å². The van der Waals surface area contributed by atoms with Crippen LogP contribution in [0.3, 0.4) is 0 Å². The number of halogens is 2. The first kappa shape index (κ1) is 22.7. The number of nitrogens with zero attached hydrogens (tertiary/aromatic N) is 1. The molecular weight excluding hydrogens is 443 g/mol. The summed E-state index contributed by atoms with van der Waals surface area (Å²) in [4.78, 5) is 35.2. The fourth-order valence-corrected chi connectivity index (χ4v) is 2.92. The molecule has 0 aliphatic carbocycles. The monoisotopic (exact) mass is 458 g/mol. The van der Waals surface area contributed by atoms with Gasteiger partial charge in [0.25, 0.3) is 11.6 Å². The molecule has 3 rings (SSSR count). The van der Waals surface area contributed by atoms with Gasteiger partial charge in [-0.1, -0.05) is 23.7 Å². The summed E-state index contributed by atoms with van der Waals surface area (Å²) in [5.74, 6) is -1.31. The van der Waals surface area contributed by atoms with E-state index >= 15 is 0 Å². The second-order valence-corrected chi connectivity index (χ2v) is 6.77. The molecule has 1 N–H and O–H groups in total. The lowest BCUT2D eigenvalue weighted by atomic mass is 10.1. The first-order valence-electron chi connectivity index (χ1n) is 9.25. The molecule has 0 saturated heterocycles. The number of ether oxygens (including phenoxy) is 2. The Balaban J connectivity index is 1.62. The largest absolute Gasteiger partial charge is 0.490 e. The van der Waals surface area contributed by atoms with Gasteiger partial charge in [-0.05, 0) is 42.5 Å². The van der Waals surface area contributed by atoms with E-state index in [0.29, 0.717) is 5.75 Å². The van der Waals surface area contributed by atoms with Gasteiger partial charge in [-0.2, -0.15) is 0 Å². The zero-order valence-corrected chi connectivity index (χ0v) is 17.2. The number of nitro benzene ring substituents is 1. The van der Waals surface area contributed by atoms with E-state index in [9.17, 15) is 24.1 Å². The summed E-state index contributed by atoms with van der Waals surface area (Å²) >= 11 is 5.99. The quantitative estimate of drug-likeness (QED) is 0.223. The molecule has 0 radical (unpaired) electrons. The van der Waals surface area contributed by atoms with E-state index in [1.54, 1.807) is 12.1 Å². The van der Waals surface area contributed by atoms with E-state index in [-0.39, 0.29) is 40.7 Å². The number of anilines is 1. The van der Waals surface area contributed by atoms with Crippen LogP contribution < -0.4 is 10.1 Å². The van der Waals surface area contributed by atoms with Gasteiger partial charge in [-0.15, -0.1) is 0 Å². The van der Waals surface area contributed by atoms with Crippen LogP contribution in [-0.2, 0) is 4.74 Å². The molecule has 0 bridgehead atoms. The molecule has 3 aromatic carbocycles. The number of esters is 1. The average Bonchev–Trinajstić information content (AvgIpc) is 2.78. The van der Waals surface area contributed by atoms with Crippen molar-refractivity contribution in [3.8, 4) is 5.75 Å². The zero-order chi connectivity index (χ0) is 23.1. The van der Waals surface area contributed by atoms with E-state index in [1.165, 1.54) is 42.5 Å². The Morgan fingerprint density at radius 2 is 1.72 bits per heavy atom. The van der Waals surface area contributed by atoms with Crippen LogP contribution in [-0.4, -0.2) is 30.0 Å². The van der Waals surface area contributed by atoms with Gasteiger partial charge in [0.15, 0.2) is 0 Å². The molecule has 3 aromatic rings. The average molecular weight is 459 g/mol. The Morgan fingerprint density at radius 1 is 1.00 bits per heavy atom. The van der Waals surface area contributed by atoms with Gasteiger partial charge >= 0.3 is 5.97 Å². The van der Waals surface area contributed by atoms with E-state index in [1.807, 2.05) is 0 Å². The Morgan fingerprint density at radius 3 is 2.41 bits per heavy atom. The maximum atomic E-state index is 12.9. The van der Waals surface area contributed by atoms with Gasteiger partial charge in [0, 0.05) is 12.1 Å². The number of non-ortho nitro benzene ring substituents is 1. The highest BCUT2D eigenvalue weighted by Crippen LogP contribution is 2.24. The minimum atomic E-state index is -0.696. The van der Waals surface area contributed by atoms with Crippen molar-refractivity contribution in [1.29, 1.82) is 0 Å². The highest BCUT2D eigenvalue weighted by molar-refractivity contribution is 6.34. The molecule has 0 heterocycles. The minimum Gasteiger partial charge on any atom is -0.490 e. The number of para-hydroxylation sites is 1. The van der Waals surface area contributed by atoms with Crippen LogP contribution >= 0.6 is 11.6 Å². The fourth-order valence-electron chi connectivity index (χ4n) is 2.66. The van der Waals surface area contributed by atoms with E-state index in [0.717, 1.165) is 12.1 Å². The summed E-state index contributed by atoms with van der Waals surface area (Å²) in [7, 11) is 0. The zero-order valence-electron chi connectivity index (χ0n) is 16.4. The molecule has 0 fully saturated rings. The topological polar surface area (TPSA) is 108 Å². The van der Waals surface area contributed by atoms with Gasteiger partial charge in [-0.25, -0.2) is 9.18 Å². The Hall–Kier alpha value is -3.98. The number of hydrogen-bond acceptors (Lipinski definition) is 6. The second-order valence-electron chi connectivity index (χ2n) is 6.36. The van der Waals surface area contributed by atoms with Gasteiger partial charge in [0.1, 0.15) is 24.8 Å². The Kier molecular flexibility index (Phi) is 7.35. The number of benzene rings is 3. The summed E-state index contributed by atoms with van der Waals surface area (Å²) in [5, 5.41) is 13.3. The normalized spacial score (nSPS) is 10.3. The maximum absolute atomic E-state index is 12.9. The third-order valence-electron chi connectivity index (χ3n) is 4.20. The Bertz CT molecular complexity index is 1150. The summed E-state index contributed by atoms with van der Waals surface area (Å²) in [5.41, 5.74) is 0.0311. The molecule has 0 saturated carbocycles. The number of nitro groups is 1. The third-order valence-corrected chi connectivity index (χ3v) is 4.51. The smallest absolute Gasteiger partial charge is 0.340 e. The number of rotatable bonds is 8. The van der Waals surface area contributed by atoms with Crippen LogP contribution in [0.25, 0.3) is 0 Å². The molecule has 1 amide bonds. The Labute approximate surface area is 186 Å². The van der Waals surface area contributed by atoms with Crippen LogP contribution in [0.15, 0.2) is 66.7 Å². The van der Waals surface area contributed by atoms with Crippen molar-refractivity contribution in [2.75, 3.05) is 18.5 Å². The lowest BCUT2D eigenvalue weighted by Crippen LogP contribution is -2.17.